The molecule has 0 heterocycles. The molecule has 1 aliphatic carbocycles. The zero-order chi connectivity index (χ0) is 10.3. The van der Waals surface area contributed by atoms with E-state index in [1.54, 1.807) is 0 Å². The van der Waals surface area contributed by atoms with Crippen molar-refractivity contribution in [2.45, 2.75) is 32.6 Å². The van der Waals surface area contributed by atoms with E-state index in [4.69, 9.17) is 16.3 Å². The lowest BCUT2D eigenvalue weighted by molar-refractivity contribution is 0.144. The zero-order valence-corrected chi connectivity index (χ0v) is 9.91. The van der Waals surface area contributed by atoms with E-state index in [2.05, 4.69) is 5.32 Å². The Bertz CT molecular complexity index is 148. The maximum atomic E-state index is 5.76. The molecule has 0 amide bonds. The van der Waals surface area contributed by atoms with Crippen LogP contribution in [0.5, 0.6) is 0 Å². The van der Waals surface area contributed by atoms with Gasteiger partial charge in [0.25, 0.3) is 0 Å². The number of hydrogen-bond donors (Lipinski definition) is 1. The second-order valence-corrected chi connectivity index (χ2v) is 4.54. The molecule has 0 aromatic heterocycles. The molecule has 3 heteroatoms. The highest BCUT2D eigenvalue weighted by atomic mass is 35.5. The topological polar surface area (TPSA) is 21.3 Å². The summed E-state index contributed by atoms with van der Waals surface area (Å²) in [7, 11) is 0. The van der Waals surface area contributed by atoms with E-state index >= 15 is 0 Å². The monoisotopic (exact) mass is 219 g/mol. The minimum Gasteiger partial charge on any atom is -0.382 e. The third-order valence-electron chi connectivity index (χ3n) is 2.93. The van der Waals surface area contributed by atoms with Gasteiger partial charge >= 0.3 is 0 Å². The van der Waals surface area contributed by atoms with Crippen LogP contribution in [0.4, 0.5) is 0 Å². The van der Waals surface area contributed by atoms with E-state index in [-0.39, 0.29) is 0 Å². The van der Waals surface area contributed by atoms with E-state index < -0.39 is 0 Å². The summed E-state index contributed by atoms with van der Waals surface area (Å²) >= 11 is 5.76. The molecule has 0 spiro atoms. The van der Waals surface area contributed by atoms with Gasteiger partial charge in [0.05, 0.1) is 0 Å². The van der Waals surface area contributed by atoms with Crippen molar-refractivity contribution in [3.8, 4) is 0 Å². The molecular formula is C11H22ClNO. The average molecular weight is 220 g/mol. The van der Waals surface area contributed by atoms with Crippen molar-refractivity contribution in [1.82, 2.24) is 5.32 Å². The first kappa shape index (κ1) is 12.3. The van der Waals surface area contributed by atoms with Gasteiger partial charge in [0.2, 0.25) is 0 Å². The van der Waals surface area contributed by atoms with Crippen molar-refractivity contribution in [1.29, 1.82) is 0 Å². The van der Waals surface area contributed by atoms with E-state index in [1.807, 2.05) is 6.92 Å². The Kier molecular flexibility index (Phi) is 5.83. The molecule has 1 N–H and O–H groups in total. The van der Waals surface area contributed by atoms with Crippen LogP contribution in [0, 0.1) is 5.41 Å². The number of alkyl halides is 1. The molecule has 1 saturated carbocycles. The van der Waals surface area contributed by atoms with Crippen molar-refractivity contribution in [3.63, 3.8) is 0 Å². The number of hydrogen-bond acceptors (Lipinski definition) is 2. The highest BCUT2D eigenvalue weighted by Crippen LogP contribution is 2.48. The molecule has 0 atom stereocenters. The van der Waals surface area contributed by atoms with Crippen LogP contribution in [0.15, 0.2) is 0 Å². The molecule has 14 heavy (non-hydrogen) atoms. The van der Waals surface area contributed by atoms with E-state index in [0.29, 0.717) is 5.41 Å². The number of ether oxygens (including phenoxy) is 1. The molecule has 0 saturated heterocycles. The van der Waals surface area contributed by atoms with Crippen LogP contribution in [-0.2, 0) is 4.74 Å². The Morgan fingerprint density at radius 1 is 1.43 bits per heavy atom. The predicted molar refractivity (Wildman–Crippen MR) is 61.0 cm³/mol. The minimum absolute atomic E-state index is 0.563. The Labute approximate surface area is 92.3 Å². The quantitative estimate of drug-likeness (QED) is 0.475. The molecule has 2 nitrogen and oxygen atoms in total. The van der Waals surface area contributed by atoms with Gasteiger partial charge in [-0.1, -0.05) is 0 Å². The van der Waals surface area contributed by atoms with E-state index in [1.165, 1.54) is 19.3 Å². The van der Waals surface area contributed by atoms with Crippen LogP contribution in [0.1, 0.15) is 32.6 Å². The van der Waals surface area contributed by atoms with Crippen LogP contribution in [-0.4, -0.2) is 32.2 Å². The lowest BCUT2D eigenvalue weighted by Crippen LogP contribution is -2.26. The first-order valence-electron chi connectivity index (χ1n) is 5.67. The van der Waals surface area contributed by atoms with Crippen molar-refractivity contribution in [2.75, 3.05) is 32.2 Å². The molecule has 84 valence electrons. The van der Waals surface area contributed by atoms with Gasteiger partial charge in [-0.25, -0.2) is 0 Å². The second kappa shape index (κ2) is 6.65. The summed E-state index contributed by atoms with van der Waals surface area (Å²) < 4.78 is 5.27. The van der Waals surface area contributed by atoms with Crippen molar-refractivity contribution < 1.29 is 4.74 Å². The van der Waals surface area contributed by atoms with Crippen molar-refractivity contribution in [3.05, 3.63) is 0 Å². The Balaban J connectivity index is 1.88. The highest BCUT2D eigenvalue weighted by molar-refractivity contribution is 6.17. The third-order valence-corrected chi connectivity index (χ3v) is 3.12. The first-order chi connectivity index (χ1) is 6.83. The second-order valence-electron chi connectivity index (χ2n) is 4.17. The van der Waals surface area contributed by atoms with Gasteiger partial charge in [0, 0.05) is 25.6 Å². The van der Waals surface area contributed by atoms with Gasteiger partial charge in [-0.3, -0.25) is 0 Å². The van der Waals surface area contributed by atoms with Crippen LogP contribution < -0.4 is 5.32 Å². The molecule has 0 aliphatic heterocycles. The van der Waals surface area contributed by atoms with Gasteiger partial charge < -0.3 is 10.1 Å². The molecule has 0 aromatic carbocycles. The number of nitrogens with one attached hydrogen (secondary N) is 1. The Morgan fingerprint density at radius 3 is 2.79 bits per heavy atom. The summed E-state index contributed by atoms with van der Waals surface area (Å²) in [5, 5.41) is 3.49. The predicted octanol–water partition coefficient (Wildman–Crippen LogP) is 2.41. The maximum absolute atomic E-state index is 5.76. The van der Waals surface area contributed by atoms with Gasteiger partial charge in [-0.05, 0) is 44.6 Å². The lowest BCUT2D eigenvalue weighted by atomic mass is 10.0. The lowest BCUT2D eigenvalue weighted by Gasteiger charge is -2.14. The summed E-state index contributed by atoms with van der Waals surface area (Å²) in [6, 6.07) is 0. The Hall–Kier alpha value is 0.210. The molecule has 1 aliphatic rings. The largest absolute Gasteiger partial charge is 0.382 e. The number of halogens is 1. The van der Waals surface area contributed by atoms with Crippen LogP contribution >= 0.6 is 11.6 Å². The zero-order valence-electron chi connectivity index (χ0n) is 9.15. The summed E-state index contributed by atoms with van der Waals surface area (Å²) in [5.41, 5.74) is 0.563. The fourth-order valence-electron chi connectivity index (χ4n) is 1.69. The van der Waals surface area contributed by atoms with Crippen LogP contribution in [0.25, 0.3) is 0 Å². The molecule has 0 aromatic rings. The Morgan fingerprint density at radius 2 is 2.21 bits per heavy atom. The summed E-state index contributed by atoms with van der Waals surface area (Å²) in [4.78, 5) is 0. The fraction of sp³-hybridized carbons (Fsp3) is 1.00. The molecule has 1 rings (SSSR count). The molecule has 1 fully saturated rings. The summed E-state index contributed by atoms with van der Waals surface area (Å²) in [6.07, 6.45) is 5.01. The maximum Gasteiger partial charge on any atom is 0.0477 e. The van der Waals surface area contributed by atoms with Crippen molar-refractivity contribution in [2.24, 2.45) is 5.41 Å². The van der Waals surface area contributed by atoms with Gasteiger partial charge in [-0.15, -0.1) is 11.6 Å². The molecular weight excluding hydrogens is 198 g/mol. The average Bonchev–Trinajstić information content (AvgIpc) is 2.93. The van der Waals surface area contributed by atoms with Gasteiger partial charge in [0.1, 0.15) is 0 Å². The minimum atomic E-state index is 0.563. The number of rotatable bonds is 9. The molecule has 0 bridgehead atoms. The van der Waals surface area contributed by atoms with Crippen molar-refractivity contribution >= 4 is 11.6 Å². The van der Waals surface area contributed by atoms with E-state index in [9.17, 15) is 0 Å². The first-order valence-corrected chi connectivity index (χ1v) is 6.21. The van der Waals surface area contributed by atoms with Crippen LogP contribution in [0.3, 0.4) is 0 Å². The smallest absolute Gasteiger partial charge is 0.0477 e. The van der Waals surface area contributed by atoms with Crippen LogP contribution in [0.2, 0.25) is 0 Å². The summed E-state index contributed by atoms with van der Waals surface area (Å²) in [5.74, 6) is 0.806. The van der Waals surface area contributed by atoms with Gasteiger partial charge in [-0.2, -0.15) is 0 Å². The SMILES string of the molecule is CCOCCCNCC1(CCCl)CC1. The standard InChI is InChI=1S/C11H22ClNO/c1-2-14-9-3-8-13-10-11(4-5-11)6-7-12/h13H,2-10H2,1H3. The summed E-state index contributed by atoms with van der Waals surface area (Å²) in [6.45, 7) is 5.96. The van der Waals surface area contributed by atoms with E-state index in [0.717, 1.165) is 38.6 Å². The normalized spacial score (nSPS) is 18.4. The molecule has 0 unspecified atom stereocenters. The highest BCUT2D eigenvalue weighted by Gasteiger charge is 2.40. The van der Waals surface area contributed by atoms with Gasteiger partial charge in [0.15, 0.2) is 0 Å². The third kappa shape index (κ3) is 4.63. The molecule has 0 radical (unpaired) electrons. The fourth-order valence-corrected chi connectivity index (χ4v) is 2.09.